The van der Waals surface area contributed by atoms with Gasteiger partial charge in [0.25, 0.3) is 5.56 Å². The van der Waals surface area contributed by atoms with Crippen LogP contribution in [0.1, 0.15) is 45.9 Å². The third-order valence-electron chi connectivity index (χ3n) is 4.26. The maximum absolute atomic E-state index is 12.4. The van der Waals surface area contributed by atoms with Crippen molar-refractivity contribution in [2.45, 2.75) is 64.2 Å². The molecule has 2 rings (SSSR count). The highest BCUT2D eigenvalue weighted by Crippen LogP contribution is 2.30. The van der Waals surface area contributed by atoms with Gasteiger partial charge in [-0.25, -0.2) is 14.4 Å². The molecule has 11 nitrogen and oxygen atoms in total. The van der Waals surface area contributed by atoms with Gasteiger partial charge in [-0.1, -0.05) is 15.9 Å². The van der Waals surface area contributed by atoms with Crippen molar-refractivity contribution < 1.29 is 28.9 Å². The number of hydrogen-bond acceptors (Lipinski definition) is 8. The van der Waals surface area contributed by atoms with E-state index in [1.54, 1.807) is 20.8 Å². The number of esters is 1. The van der Waals surface area contributed by atoms with Gasteiger partial charge in [0.1, 0.15) is 30.1 Å². The van der Waals surface area contributed by atoms with Crippen molar-refractivity contribution in [3.63, 3.8) is 0 Å². The van der Waals surface area contributed by atoms with Crippen LogP contribution in [0, 0.1) is 0 Å². The number of ether oxygens (including phenoxy) is 3. The van der Waals surface area contributed by atoms with Crippen molar-refractivity contribution in [2.24, 2.45) is 0 Å². The first-order valence-corrected chi connectivity index (χ1v) is 10.4. The number of amides is 1. The van der Waals surface area contributed by atoms with Crippen molar-refractivity contribution in [3.8, 4) is 0 Å². The monoisotopic (exact) mass is 503 g/mol. The topological polar surface area (TPSA) is 149 Å². The molecule has 0 bridgehead atoms. The van der Waals surface area contributed by atoms with E-state index in [1.165, 1.54) is 24.2 Å². The molecule has 1 amide bonds. The maximum Gasteiger partial charge on any atom is 0.408 e. The molecule has 0 radical (unpaired) electrons. The van der Waals surface area contributed by atoms with Crippen molar-refractivity contribution in [3.05, 3.63) is 37.6 Å². The lowest BCUT2D eigenvalue weighted by Crippen LogP contribution is -2.44. The molecule has 2 heterocycles. The van der Waals surface area contributed by atoms with Crippen molar-refractivity contribution in [2.75, 3.05) is 6.61 Å². The quantitative estimate of drug-likeness (QED) is 0.486. The third-order valence-corrected chi connectivity index (χ3v) is 4.53. The lowest BCUT2D eigenvalue weighted by Gasteiger charge is -2.23. The largest absolute Gasteiger partial charge is 0.458 e. The number of rotatable bonds is 6. The van der Waals surface area contributed by atoms with Crippen LogP contribution >= 0.6 is 15.9 Å². The summed E-state index contributed by atoms with van der Waals surface area (Å²) in [6.45, 7) is 6.03. The second-order valence-corrected chi connectivity index (χ2v) is 8.46. The Hall–Kier alpha value is -2.44. The average Bonchev–Trinajstić information content (AvgIpc) is 3.04. The number of hydrogen-bond donors (Lipinski definition) is 3. The number of halogens is 1. The zero-order valence-corrected chi connectivity index (χ0v) is 19.2. The second-order valence-electron chi connectivity index (χ2n) is 7.93. The molecule has 172 valence electrons. The van der Waals surface area contributed by atoms with Crippen LogP contribution in [0.4, 0.5) is 4.79 Å². The van der Waals surface area contributed by atoms with Crippen LogP contribution in [0.5, 0.6) is 0 Å². The highest BCUT2D eigenvalue weighted by Gasteiger charge is 2.40. The van der Waals surface area contributed by atoms with Gasteiger partial charge in [0.15, 0.2) is 0 Å². The fraction of sp³-hybridized carbons (Fsp3) is 0.579. The summed E-state index contributed by atoms with van der Waals surface area (Å²) >= 11 is 3.07. The predicted molar refractivity (Wildman–Crippen MR) is 114 cm³/mol. The number of carbonyl (C=O) groups excluding carboxylic acids is 2. The number of nitrogens with zero attached hydrogens (tertiary/aromatic N) is 1. The van der Waals surface area contributed by atoms with E-state index < -0.39 is 60.0 Å². The first-order valence-electron chi connectivity index (χ1n) is 9.53. The van der Waals surface area contributed by atoms with E-state index in [9.17, 15) is 24.3 Å². The molecule has 12 heteroatoms. The zero-order valence-electron chi connectivity index (χ0n) is 17.6. The lowest BCUT2D eigenvalue weighted by molar-refractivity contribution is -0.155. The second kappa shape index (κ2) is 10.2. The minimum Gasteiger partial charge on any atom is -0.458 e. The number of aliphatic hydroxyl groups is 1. The Morgan fingerprint density at radius 2 is 2.13 bits per heavy atom. The van der Waals surface area contributed by atoms with Gasteiger partial charge in [-0.15, -0.1) is 0 Å². The van der Waals surface area contributed by atoms with E-state index in [4.69, 9.17) is 14.2 Å². The van der Waals surface area contributed by atoms with Crippen molar-refractivity contribution in [1.29, 1.82) is 0 Å². The Morgan fingerprint density at radius 3 is 2.71 bits per heavy atom. The molecule has 3 N–H and O–H groups in total. The Morgan fingerprint density at radius 1 is 1.45 bits per heavy atom. The van der Waals surface area contributed by atoms with E-state index >= 15 is 0 Å². The fourth-order valence-corrected chi connectivity index (χ4v) is 3.14. The molecule has 1 aromatic rings. The van der Waals surface area contributed by atoms with Crippen LogP contribution in [-0.2, 0) is 19.0 Å². The summed E-state index contributed by atoms with van der Waals surface area (Å²) in [5, 5.41) is 12.0. The number of aromatic nitrogens is 2. The fourth-order valence-electron chi connectivity index (χ4n) is 2.86. The van der Waals surface area contributed by atoms with E-state index in [0.717, 1.165) is 4.57 Å². The highest BCUT2D eigenvalue weighted by atomic mass is 79.9. The molecule has 1 saturated heterocycles. The first kappa shape index (κ1) is 24.8. The van der Waals surface area contributed by atoms with Gasteiger partial charge >= 0.3 is 17.8 Å². The molecular weight excluding hydrogens is 478 g/mol. The molecule has 1 aromatic heterocycles. The van der Waals surface area contributed by atoms with Gasteiger partial charge in [0, 0.05) is 12.6 Å². The Kier molecular flexibility index (Phi) is 8.21. The number of H-pyrrole nitrogens is 1. The van der Waals surface area contributed by atoms with Gasteiger partial charge in [-0.05, 0) is 38.8 Å². The van der Waals surface area contributed by atoms with Crippen LogP contribution in [0.25, 0.3) is 6.08 Å². The number of aliphatic hydroxyl groups excluding tert-OH is 1. The molecule has 0 unspecified atom stereocenters. The Balaban J connectivity index is 2.10. The Labute approximate surface area is 186 Å². The summed E-state index contributed by atoms with van der Waals surface area (Å²) in [5.74, 6) is -0.754. The van der Waals surface area contributed by atoms with Crippen LogP contribution in [0.15, 0.2) is 20.8 Å². The van der Waals surface area contributed by atoms with Crippen LogP contribution < -0.4 is 16.6 Å². The smallest absolute Gasteiger partial charge is 0.408 e. The van der Waals surface area contributed by atoms with E-state index in [-0.39, 0.29) is 12.0 Å². The summed E-state index contributed by atoms with van der Waals surface area (Å²) in [7, 11) is 0. The number of aromatic amines is 1. The summed E-state index contributed by atoms with van der Waals surface area (Å²) in [6.07, 6.45) is -0.598. The summed E-state index contributed by atoms with van der Waals surface area (Å²) in [5.41, 5.74) is -1.80. The van der Waals surface area contributed by atoms with E-state index in [2.05, 4.69) is 26.2 Å². The Bertz CT molecular complexity index is 949. The molecule has 1 aliphatic rings. The lowest BCUT2D eigenvalue weighted by atomic mass is 10.2. The van der Waals surface area contributed by atoms with Gasteiger partial charge in [0.05, 0.1) is 12.2 Å². The van der Waals surface area contributed by atoms with Crippen LogP contribution in [0.3, 0.4) is 0 Å². The molecular formula is C19H26BrN3O8. The third kappa shape index (κ3) is 6.77. The number of alkyl carbamates (subject to hydrolysis) is 1. The SMILES string of the molecule is C[C@H](NC(=O)OC(C)(C)C)C(=O)O[C@H]1C[C@H](n2cc(/C=C/Br)c(=O)[nH]c2=O)O[C@@H]1CO. The van der Waals surface area contributed by atoms with Crippen LogP contribution in [-0.4, -0.2) is 57.2 Å². The van der Waals surface area contributed by atoms with E-state index in [1.807, 2.05) is 0 Å². The highest BCUT2D eigenvalue weighted by molar-refractivity contribution is 9.11. The summed E-state index contributed by atoms with van der Waals surface area (Å²) in [4.78, 5) is 51.9. The van der Waals surface area contributed by atoms with Gasteiger partial charge in [-0.2, -0.15) is 0 Å². The van der Waals surface area contributed by atoms with Crippen molar-refractivity contribution >= 4 is 34.1 Å². The molecule has 4 atom stereocenters. The minimum atomic E-state index is -1.01. The first-order chi connectivity index (χ1) is 14.4. The minimum absolute atomic E-state index is 0.0551. The maximum atomic E-state index is 12.4. The molecule has 0 spiro atoms. The average molecular weight is 504 g/mol. The predicted octanol–water partition coefficient (Wildman–Crippen LogP) is 1.01. The molecule has 0 aromatic carbocycles. The van der Waals surface area contributed by atoms with Crippen LogP contribution in [0.2, 0.25) is 0 Å². The zero-order chi connectivity index (χ0) is 23.3. The van der Waals surface area contributed by atoms with Gasteiger partial charge in [0.2, 0.25) is 0 Å². The van der Waals surface area contributed by atoms with E-state index in [0.29, 0.717) is 0 Å². The normalized spacial score (nSPS) is 22.3. The standard InChI is InChI=1S/C19H26BrN3O8/c1-10(21-18(28)31-19(2,3)4)16(26)30-12-7-14(29-13(12)9-24)23-8-11(5-6-20)15(25)22-17(23)27/h5-6,8,10,12-14,24H,7,9H2,1-4H3,(H,21,28)(H,22,25,27)/b6-5+/t10-,12-,13+,14+/m0/s1. The van der Waals surface area contributed by atoms with Gasteiger partial charge in [-0.3, -0.25) is 14.3 Å². The molecule has 31 heavy (non-hydrogen) atoms. The molecule has 0 saturated carbocycles. The summed E-state index contributed by atoms with van der Waals surface area (Å²) in [6, 6.07) is -1.01. The molecule has 1 aliphatic heterocycles. The molecule has 1 fully saturated rings. The van der Waals surface area contributed by atoms with Gasteiger partial charge < -0.3 is 24.6 Å². The summed E-state index contributed by atoms with van der Waals surface area (Å²) < 4.78 is 17.3. The van der Waals surface area contributed by atoms with Crippen molar-refractivity contribution in [1.82, 2.24) is 14.9 Å². The molecule has 0 aliphatic carbocycles. The number of carbonyl (C=O) groups is 2. The number of nitrogens with one attached hydrogen (secondary N) is 2.